The fourth-order valence-electron chi connectivity index (χ4n) is 0.570. The Balaban J connectivity index is 2.72. The van der Waals surface area contributed by atoms with Crippen LogP contribution in [0.1, 0.15) is 0 Å². The molecule has 0 amide bonds. The molecule has 0 saturated carbocycles. The molecular formula is C6H7BrN2. The zero-order valence-corrected chi connectivity index (χ0v) is 6.50. The lowest BCUT2D eigenvalue weighted by molar-refractivity contribution is 0.702. The molecule has 1 rings (SSSR count). The van der Waals surface area contributed by atoms with Gasteiger partial charge in [-0.1, -0.05) is 6.08 Å². The van der Waals surface area contributed by atoms with Gasteiger partial charge in [0, 0.05) is 6.20 Å². The summed E-state index contributed by atoms with van der Waals surface area (Å²) in [6.45, 7) is 4.36. The van der Waals surface area contributed by atoms with Crippen LogP contribution in [0.2, 0.25) is 0 Å². The van der Waals surface area contributed by atoms with Gasteiger partial charge in [0.05, 0.1) is 17.2 Å². The first-order valence-corrected chi connectivity index (χ1v) is 3.41. The van der Waals surface area contributed by atoms with Gasteiger partial charge in [-0.15, -0.1) is 6.58 Å². The summed E-state index contributed by atoms with van der Waals surface area (Å²) < 4.78 is 2.81. The van der Waals surface area contributed by atoms with Gasteiger partial charge in [-0.25, -0.2) is 0 Å². The van der Waals surface area contributed by atoms with Gasteiger partial charge in [0.1, 0.15) is 0 Å². The van der Waals surface area contributed by atoms with Crippen LogP contribution in [-0.4, -0.2) is 9.78 Å². The molecule has 1 aromatic rings. The number of nitrogens with zero attached hydrogens (tertiary/aromatic N) is 2. The van der Waals surface area contributed by atoms with Crippen LogP contribution in [0.5, 0.6) is 0 Å². The predicted octanol–water partition coefficient (Wildman–Crippen LogP) is 1.83. The molecule has 0 atom stereocenters. The minimum Gasteiger partial charge on any atom is -0.268 e. The summed E-state index contributed by atoms with van der Waals surface area (Å²) in [6, 6.07) is 0. The first-order valence-electron chi connectivity index (χ1n) is 2.62. The highest BCUT2D eigenvalue weighted by molar-refractivity contribution is 9.10. The van der Waals surface area contributed by atoms with E-state index in [4.69, 9.17) is 0 Å². The second-order valence-corrected chi connectivity index (χ2v) is 2.58. The number of hydrogen-bond donors (Lipinski definition) is 0. The van der Waals surface area contributed by atoms with E-state index in [0.717, 1.165) is 11.0 Å². The zero-order valence-electron chi connectivity index (χ0n) is 4.92. The molecular weight excluding hydrogens is 180 g/mol. The van der Waals surface area contributed by atoms with Gasteiger partial charge in [-0.3, -0.25) is 4.68 Å². The average molecular weight is 187 g/mol. The quantitative estimate of drug-likeness (QED) is 0.645. The van der Waals surface area contributed by atoms with Gasteiger partial charge >= 0.3 is 0 Å². The molecule has 0 aliphatic rings. The second-order valence-electron chi connectivity index (χ2n) is 1.67. The van der Waals surface area contributed by atoms with Crippen molar-refractivity contribution in [3.8, 4) is 0 Å². The lowest BCUT2D eigenvalue weighted by atomic mass is 10.6. The van der Waals surface area contributed by atoms with Crippen LogP contribution in [0.25, 0.3) is 0 Å². The first-order chi connectivity index (χ1) is 4.33. The molecule has 48 valence electrons. The summed E-state index contributed by atoms with van der Waals surface area (Å²) in [7, 11) is 0. The smallest absolute Gasteiger partial charge is 0.0632 e. The Bertz CT molecular complexity index is 205. The van der Waals surface area contributed by atoms with Crippen LogP contribution in [0.3, 0.4) is 0 Å². The third-order valence-corrected chi connectivity index (χ3v) is 1.33. The molecule has 0 unspecified atom stereocenters. The highest BCUT2D eigenvalue weighted by Gasteiger charge is 1.89. The molecule has 1 aromatic heterocycles. The van der Waals surface area contributed by atoms with Crippen LogP contribution in [0.15, 0.2) is 29.5 Å². The maximum Gasteiger partial charge on any atom is 0.0632 e. The molecule has 3 heteroatoms. The number of hydrogen-bond acceptors (Lipinski definition) is 1. The molecule has 0 aromatic carbocycles. The Morgan fingerprint density at radius 2 is 2.67 bits per heavy atom. The summed E-state index contributed by atoms with van der Waals surface area (Å²) in [5.41, 5.74) is 0. The van der Waals surface area contributed by atoms with Crippen molar-refractivity contribution in [2.24, 2.45) is 0 Å². The second kappa shape index (κ2) is 2.82. The molecule has 0 spiro atoms. The van der Waals surface area contributed by atoms with Crippen LogP contribution in [0.4, 0.5) is 0 Å². The van der Waals surface area contributed by atoms with E-state index in [9.17, 15) is 0 Å². The van der Waals surface area contributed by atoms with E-state index < -0.39 is 0 Å². The zero-order chi connectivity index (χ0) is 6.69. The minimum atomic E-state index is 0.769. The van der Waals surface area contributed by atoms with E-state index >= 15 is 0 Å². The monoisotopic (exact) mass is 186 g/mol. The average Bonchev–Trinajstić information content (AvgIpc) is 2.17. The molecule has 2 nitrogen and oxygen atoms in total. The van der Waals surface area contributed by atoms with Gasteiger partial charge in [0.2, 0.25) is 0 Å². The van der Waals surface area contributed by atoms with E-state index in [1.807, 2.05) is 6.20 Å². The summed E-state index contributed by atoms with van der Waals surface area (Å²) in [5, 5.41) is 4.00. The van der Waals surface area contributed by atoms with Crippen molar-refractivity contribution in [2.75, 3.05) is 0 Å². The van der Waals surface area contributed by atoms with Crippen molar-refractivity contribution in [2.45, 2.75) is 6.54 Å². The molecule has 9 heavy (non-hydrogen) atoms. The summed E-state index contributed by atoms with van der Waals surface area (Å²) in [5.74, 6) is 0. The Morgan fingerprint density at radius 1 is 1.89 bits per heavy atom. The summed E-state index contributed by atoms with van der Waals surface area (Å²) in [4.78, 5) is 0. The van der Waals surface area contributed by atoms with E-state index in [-0.39, 0.29) is 0 Å². The predicted molar refractivity (Wildman–Crippen MR) is 40.1 cm³/mol. The van der Waals surface area contributed by atoms with Gasteiger partial charge in [0.25, 0.3) is 0 Å². The van der Waals surface area contributed by atoms with Gasteiger partial charge < -0.3 is 0 Å². The number of rotatable bonds is 2. The summed E-state index contributed by atoms with van der Waals surface area (Å²) >= 11 is 3.28. The van der Waals surface area contributed by atoms with Gasteiger partial charge in [-0.2, -0.15) is 5.10 Å². The fourth-order valence-corrected chi connectivity index (χ4v) is 0.898. The van der Waals surface area contributed by atoms with E-state index in [0.29, 0.717) is 0 Å². The minimum absolute atomic E-state index is 0.769. The van der Waals surface area contributed by atoms with Gasteiger partial charge in [0.15, 0.2) is 0 Å². The Morgan fingerprint density at radius 3 is 3.11 bits per heavy atom. The first kappa shape index (κ1) is 6.55. The third kappa shape index (κ3) is 1.68. The van der Waals surface area contributed by atoms with Crippen molar-refractivity contribution < 1.29 is 0 Å². The van der Waals surface area contributed by atoms with Gasteiger partial charge in [-0.05, 0) is 15.9 Å². The van der Waals surface area contributed by atoms with E-state index in [1.165, 1.54) is 0 Å². The fraction of sp³-hybridized carbons (Fsp3) is 0.167. The van der Waals surface area contributed by atoms with Crippen LogP contribution in [-0.2, 0) is 6.54 Å². The van der Waals surface area contributed by atoms with Crippen LogP contribution >= 0.6 is 15.9 Å². The number of halogens is 1. The van der Waals surface area contributed by atoms with Crippen LogP contribution < -0.4 is 0 Å². The third-order valence-electron chi connectivity index (χ3n) is 0.918. The normalized spacial score (nSPS) is 9.44. The van der Waals surface area contributed by atoms with Crippen molar-refractivity contribution in [1.82, 2.24) is 9.78 Å². The molecule has 0 radical (unpaired) electrons. The van der Waals surface area contributed by atoms with Crippen molar-refractivity contribution >= 4 is 15.9 Å². The molecule has 1 heterocycles. The lowest BCUT2D eigenvalue weighted by Crippen LogP contribution is -1.93. The molecule has 0 aliphatic carbocycles. The van der Waals surface area contributed by atoms with Crippen molar-refractivity contribution in [3.63, 3.8) is 0 Å². The largest absolute Gasteiger partial charge is 0.268 e. The SMILES string of the molecule is C=CCn1cc(Br)cn1. The molecule has 0 bridgehead atoms. The standard InChI is InChI=1S/C6H7BrN2/c1-2-3-9-5-6(7)4-8-9/h2,4-5H,1,3H2. The molecule has 0 fully saturated rings. The lowest BCUT2D eigenvalue weighted by Gasteiger charge is -1.89. The van der Waals surface area contributed by atoms with E-state index in [1.54, 1.807) is 17.0 Å². The maximum absolute atomic E-state index is 4.00. The Hall–Kier alpha value is -0.570. The molecule has 0 aliphatic heterocycles. The van der Waals surface area contributed by atoms with Crippen LogP contribution in [0, 0.1) is 0 Å². The molecule has 0 saturated heterocycles. The molecule has 0 N–H and O–H groups in total. The Kier molecular flexibility index (Phi) is 2.05. The highest BCUT2D eigenvalue weighted by atomic mass is 79.9. The summed E-state index contributed by atoms with van der Waals surface area (Å²) in [6.07, 6.45) is 5.46. The highest BCUT2D eigenvalue weighted by Crippen LogP contribution is 2.05. The van der Waals surface area contributed by atoms with E-state index in [2.05, 4.69) is 27.6 Å². The Labute approximate surface area is 62.3 Å². The number of aromatic nitrogens is 2. The van der Waals surface area contributed by atoms with Crippen molar-refractivity contribution in [3.05, 3.63) is 29.5 Å². The van der Waals surface area contributed by atoms with Crippen molar-refractivity contribution in [1.29, 1.82) is 0 Å². The number of allylic oxidation sites excluding steroid dienone is 1. The topological polar surface area (TPSA) is 17.8 Å². The maximum atomic E-state index is 4.00.